The van der Waals surface area contributed by atoms with E-state index in [1.807, 2.05) is 26.0 Å². The summed E-state index contributed by atoms with van der Waals surface area (Å²) in [6.45, 7) is 3.84. The van der Waals surface area contributed by atoms with Crippen LogP contribution in [-0.4, -0.2) is 7.11 Å². The van der Waals surface area contributed by atoms with Crippen molar-refractivity contribution in [2.45, 2.75) is 19.9 Å². The van der Waals surface area contributed by atoms with Crippen LogP contribution in [0.4, 0.5) is 8.78 Å². The highest BCUT2D eigenvalue weighted by atomic mass is 19.1. The monoisotopic (exact) mass is 277 g/mol. The lowest BCUT2D eigenvalue weighted by Crippen LogP contribution is -2.16. The van der Waals surface area contributed by atoms with Gasteiger partial charge < -0.3 is 10.5 Å². The van der Waals surface area contributed by atoms with Gasteiger partial charge in [-0.25, -0.2) is 8.78 Å². The number of hydrogen-bond acceptors (Lipinski definition) is 2. The first-order valence-electron chi connectivity index (χ1n) is 6.29. The summed E-state index contributed by atoms with van der Waals surface area (Å²) < 4.78 is 32.2. The van der Waals surface area contributed by atoms with Crippen LogP contribution in [0.5, 0.6) is 5.75 Å². The fraction of sp³-hybridized carbons (Fsp3) is 0.250. The fourth-order valence-electron chi connectivity index (χ4n) is 2.42. The van der Waals surface area contributed by atoms with Crippen molar-refractivity contribution in [2.75, 3.05) is 7.11 Å². The average Bonchev–Trinajstić information content (AvgIpc) is 2.37. The van der Waals surface area contributed by atoms with Crippen molar-refractivity contribution >= 4 is 0 Å². The van der Waals surface area contributed by atoms with Crippen LogP contribution in [-0.2, 0) is 0 Å². The Labute approximate surface area is 117 Å². The summed E-state index contributed by atoms with van der Waals surface area (Å²) in [7, 11) is 1.55. The molecule has 2 rings (SSSR count). The molecule has 1 atom stereocenters. The molecule has 0 bridgehead atoms. The molecule has 0 saturated carbocycles. The van der Waals surface area contributed by atoms with Crippen LogP contribution in [0.2, 0.25) is 0 Å². The van der Waals surface area contributed by atoms with Crippen LogP contribution in [0.1, 0.15) is 28.3 Å². The topological polar surface area (TPSA) is 35.2 Å². The standard InChI is InChI=1S/C16H17F2NO/c1-9-6-10(2)15(14(7-9)20-3)16(19)12-5-4-11(17)8-13(12)18/h4-8,16H,19H2,1-3H3. The highest BCUT2D eigenvalue weighted by Crippen LogP contribution is 2.33. The summed E-state index contributed by atoms with van der Waals surface area (Å²) in [5, 5.41) is 0. The molecule has 0 aromatic heterocycles. The van der Waals surface area contributed by atoms with Crippen molar-refractivity contribution in [3.05, 3.63) is 64.2 Å². The van der Waals surface area contributed by atoms with Crippen molar-refractivity contribution in [3.63, 3.8) is 0 Å². The van der Waals surface area contributed by atoms with Gasteiger partial charge in [-0.3, -0.25) is 0 Å². The molecule has 0 amide bonds. The molecule has 0 spiro atoms. The first-order chi connectivity index (χ1) is 9.43. The average molecular weight is 277 g/mol. The Morgan fingerprint density at radius 3 is 2.40 bits per heavy atom. The molecule has 0 aliphatic heterocycles. The van der Waals surface area contributed by atoms with Crippen molar-refractivity contribution in [3.8, 4) is 5.75 Å². The van der Waals surface area contributed by atoms with Gasteiger partial charge in [0.25, 0.3) is 0 Å². The molecule has 1 unspecified atom stereocenters. The van der Waals surface area contributed by atoms with Gasteiger partial charge in [-0.05, 0) is 37.1 Å². The maximum atomic E-state index is 13.9. The quantitative estimate of drug-likeness (QED) is 0.929. The molecule has 20 heavy (non-hydrogen) atoms. The second-order valence-electron chi connectivity index (χ2n) is 4.84. The molecule has 2 nitrogen and oxygen atoms in total. The first-order valence-corrected chi connectivity index (χ1v) is 6.29. The van der Waals surface area contributed by atoms with E-state index in [-0.39, 0.29) is 5.56 Å². The lowest BCUT2D eigenvalue weighted by molar-refractivity contribution is 0.406. The molecule has 2 N–H and O–H groups in total. The highest BCUT2D eigenvalue weighted by molar-refractivity contribution is 5.48. The Balaban J connectivity index is 2.55. The van der Waals surface area contributed by atoms with E-state index in [9.17, 15) is 8.78 Å². The number of methoxy groups -OCH3 is 1. The third-order valence-electron chi connectivity index (χ3n) is 3.32. The number of ether oxygens (including phenoxy) is 1. The summed E-state index contributed by atoms with van der Waals surface area (Å²) in [6.07, 6.45) is 0. The van der Waals surface area contributed by atoms with Crippen molar-refractivity contribution < 1.29 is 13.5 Å². The van der Waals surface area contributed by atoms with E-state index in [2.05, 4.69) is 0 Å². The van der Waals surface area contributed by atoms with Crippen LogP contribution in [0.15, 0.2) is 30.3 Å². The molecule has 2 aromatic rings. The lowest BCUT2D eigenvalue weighted by atomic mass is 9.93. The molecule has 2 aromatic carbocycles. The highest BCUT2D eigenvalue weighted by Gasteiger charge is 2.20. The van der Waals surface area contributed by atoms with Gasteiger partial charge in [0.1, 0.15) is 17.4 Å². The summed E-state index contributed by atoms with van der Waals surface area (Å²) in [5.74, 6) is -0.663. The van der Waals surface area contributed by atoms with Gasteiger partial charge in [0.2, 0.25) is 0 Å². The zero-order chi connectivity index (χ0) is 14.9. The van der Waals surface area contributed by atoms with E-state index in [4.69, 9.17) is 10.5 Å². The van der Waals surface area contributed by atoms with Gasteiger partial charge in [0.15, 0.2) is 0 Å². The number of halogens is 2. The minimum absolute atomic E-state index is 0.247. The smallest absolute Gasteiger partial charge is 0.131 e. The largest absolute Gasteiger partial charge is 0.496 e. The zero-order valence-electron chi connectivity index (χ0n) is 11.7. The third kappa shape index (κ3) is 2.65. The minimum Gasteiger partial charge on any atom is -0.496 e. The van der Waals surface area contributed by atoms with E-state index in [1.165, 1.54) is 12.1 Å². The van der Waals surface area contributed by atoms with Gasteiger partial charge in [-0.15, -0.1) is 0 Å². The molecular formula is C16H17F2NO. The Morgan fingerprint density at radius 1 is 1.10 bits per heavy atom. The Kier molecular flexibility index (Phi) is 4.04. The van der Waals surface area contributed by atoms with Gasteiger partial charge in [-0.2, -0.15) is 0 Å². The number of hydrogen-bond donors (Lipinski definition) is 1. The predicted octanol–water partition coefficient (Wildman–Crippen LogP) is 3.64. The molecule has 0 fully saturated rings. The van der Waals surface area contributed by atoms with E-state index >= 15 is 0 Å². The van der Waals surface area contributed by atoms with Crippen molar-refractivity contribution in [2.24, 2.45) is 5.73 Å². The molecule has 106 valence electrons. The van der Waals surface area contributed by atoms with Crippen LogP contribution in [0.25, 0.3) is 0 Å². The number of benzene rings is 2. The van der Waals surface area contributed by atoms with E-state index < -0.39 is 17.7 Å². The maximum Gasteiger partial charge on any atom is 0.131 e. The molecular weight excluding hydrogens is 260 g/mol. The zero-order valence-corrected chi connectivity index (χ0v) is 11.7. The number of nitrogens with two attached hydrogens (primary N) is 1. The maximum absolute atomic E-state index is 13.9. The summed E-state index contributed by atoms with van der Waals surface area (Å²) in [5.41, 5.74) is 9.06. The summed E-state index contributed by atoms with van der Waals surface area (Å²) in [6, 6.07) is 6.52. The molecule has 0 heterocycles. The van der Waals surface area contributed by atoms with Crippen molar-refractivity contribution in [1.29, 1.82) is 0 Å². The Morgan fingerprint density at radius 2 is 1.80 bits per heavy atom. The van der Waals surface area contributed by atoms with E-state index in [0.29, 0.717) is 11.3 Å². The minimum atomic E-state index is -0.703. The predicted molar refractivity (Wildman–Crippen MR) is 74.9 cm³/mol. The number of rotatable bonds is 3. The molecule has 0 aliphatic rings. The molecule has 0 saturated heterocycles. The first kappa shape index (κ1) is 14.5. The van der Waals surface area contributed by atoms with Crippen LogP contribution in [0.3, 0.4) is 0 Å². The van der Waals surface area contributed by atoms with Gasteiger partial charge in [0.05, 0.1) is 13.2 Å². The second kappa shape index (κ2) is 5.59. The van der Waals surface area contributed by atoms with Gasteiger partial charge in [0, 0.05) is 17.2 Å². The Hall–Kier alpha value is -1.94. The normalized spacial score (nSPS) is 12.3. The van der Waals surface area contributed by atoms with Gasteiger partial charge >= 0.3 is 0 Å². The molecule has 0 radical (unpaired) electrons. The molecule has 0 aliphatic carbocycles. The van der Waals surface area contributed by atoms with Crippen LogP contribution < -0.4 is 10.5 Å². The van der Waals surface area contributed by atoms with Crippen LogP contribution in [0, 0.1) is 25.5 Å². The second-order valence-corrected chi connectivity index (χ2v) is 4.84. The van der Waals surface area contributed by atoms with Crippen molar-refractivity contribution in [1.82, 2.24) is 0 Å². The van der Waals surface area contributed by atoms with E-state index in [0.717, 1.165) is 17.2 Å². The lowest BCUT2D eigenvalue weighted by Gasteiger charge is -2.20. The summed E-state index contributed by atoms with van der Waals surface area (Å²) in [4.78, 5) is 0. The fourth-order valence-corrected chi connectivity index (χ4v) is 2.42. The SMILES string of the molecule is COc1cc(C)cc(C)c1C(N)c1ccc(F)cc1F. The Bertz CT molecular complexity index is 641. The molecule has 4 heteroatoms. The van der Waals surface area contributed by atoms with Gasteiger partial charge in [-0.1, -0.05) is 12.1 Å². The van der Waals surface area contributed by atoms with E-state index in [1.54, 1.807) is 7.11 Å². The summed E-state index contributed by atoms with van der Waals surface area (Å²) >= 11 is 0. The number of aryl methyl sites for hydroxylation is 2. The third-order valence-corrected chi connectivity index (χ3v) is 3.32. The van der Waals surface area contributed by atoms with Crippen LogP contribution >= 0.6 is 0 Å².